The minimum absolute atomic E-state index is 0.229. The fourth-order valence-electron chi connectivity index (χ4n) is 13.5. The second-order valence-corrected chi connectivity index (χ2v) is 29.2. The predicted octanol–water partition coefficient (Wildman–Crippen LogP) is 14.3. The number of hydrogen-bond donors (Lipinski definition) is 12. The maximum absolute atomic E-state index is 13.5. The monoisotopic (exact) mass is 1470 g/mol. The van der Waals surface area contributed by atoms with E-state index in [9.17, 15) is 61.0 Å². The van der Waals surface area contributed by atoms with E-state index < -0.39 is 124 Å². The molecule has 0 aromatic heterocycles. The molecule has 0 saturated carbocycles. The van der Waals surface area contributed by atoms with Gasteiger partial charge in [-0.3, -0.25) is 4.79 Å². The molecule has 0 radical (unpaired) electrons. The van der Waals surface area contributed by atoms with Gasteiger partial charge in [-0.1, -0.05) is 304 Å². The summed E-state index contributed by atoms with van der Waals surface area (Å²) in [5.74, 6) is -0.289. The molecule has 3 saturated heterocycles. The summed E-state index contributed by atoms with van der Waals surface area (Å²) in [4.78, 5) is 13.5. The number of amides is 1. The van der Waals surface area contributed by atoms with Crippen molar-refractivity contribution in [2.75, 3.05) is 26.4 Å². The fourth-order valence-corrected chi connectivity index (χ4v) is 13.5. The fraction of sp³-hybridized carbons (Fsp3) is 0.800. The highest BCUT2D eigenvalue weighted by atomic mass is 16.8. The number of aliphatic hydroxyl groups excluding tert-OH is 11. The Balaban J connectivity index is 1.37. The molecule has 17 atom stereocenters. The van der Waals surface area contributed by atoms with Crippen molar-refractivity contribution < 1.29 is 89.4 Å². The zero-order valence-electron chi connectivity index (χ0n) is 64.5. The van der Waals surface area contributed by atoms with Crippen molar-refractivity contribution >= 4 is 5.91 Å². The number of hydrogen-bond acceptors (Lipinski definition) is 18. The van der Waals surface area contributed by atoms with Gasteiger partial charge in [0.25, 0.3) is 0 Å². The van der Waals surface area contributed by atoms with Crippen molar-refractivity contribution in [2.45, 2.75) is 407 Å². The lowest BCUT2D eigenvalue weighted by atomic mass is 9.96. The first-order valence-electron chi connectivity index (χ1n) is 41.5. The number of ether oxygens (including phenoxy) is 6. The summed E-state index contributed by atoms with van der Waals surface area (Å²) in [5, 5.41) is 121. The Labute approximate surface area is 628 Å². The normalized spacial score (nSPS) is 26.4. The van der Waals surface area contributed by atoms with Gasteiger partial charge in [0, 0.05) is 6.42 Å². The number of nitrogens with one attached hydrogen (secondary N) is 1. The van der Waals surface area contributed by atoms with E-state index in [0.29, 0.717) is 12.8 Å². The van der Waals surface area contributed by atoms with Crippen molar-refractivity contribution in [3.8, 4) is 0 Å². The summed E-state index contributed by atoms with van der Waals surface area (Å²) in [5.41, 5.74) is 0. The molecule has 104 heavy (non-hydrogen) atoms. The van der Waals surface area contributed by atoms with Gasteiger partial charge in [-0.05, 0) is 89.9 Å². The van der Waals surface area contributed by atoms with E-state index in [2.05, 4.69) is 104 Å². The molecule has 12 N–H and O–H groups in total. The highest BCUT2D eigenvalue weighted by Gasteiger charge is 2.54. The lowest BCUT2D eigenvalue weighted by molar-refractivity contribution is -0.379. The molecule has 19 heteroatoms. The zero-order chi connectivity index (χ0) is 75.3. The van der Waals surface area contributed by atoms with Crippen LogP contribution in [0.15, 0.2) is 97.2 Å². The molecule has 3 fully saturated rings. The second-order valence-electron chi connectivity index (χ2n) is 29.2. The summed E-state index contributed by atoms with van der Waals surface area (Å²) in [6.07, 6.45) is 61.1. The van der Waals surface area contributed by atoms with E-state index in [4.69, 9.17) is 28.4 Å². The topological polar surface area (TPSA) is 307 Å². The number of carbonyl (C=O) groups excluding carboxylic acids is 1. The molecule has 0 aromatic carbocycles. The van der Waals surface area contributed by atoms with Gasteiger partial charge < -0.3 is 89.9 Å². The third-order valence-corrected chi connectivity index (χ3v) is 20.1. The van der Waals surface area contributed by atoms with Crippen LogP contribution < -0.4 is 5.32 Å². The van der Waals surface area contributed by atoms with Crippen molar-refractivity contribution in [1.29, 1.82) is 0 Å². The SMILES string of the molecule is CC/C=C\C/C=C\C/C=C\C/C=C\C/C=C\CCCCCCCCCCCCCCCCCCCC(=O)NC(COC1OC(CO)C(OC2OC(CO)C(OC3OC(CO)C(O)C(O)C3O)C(O)C2O)C(O)C1O)C(O)/C=C/CC/C=C/CC/C=C/CCCCCCCCCCCCCCCCCC. The lowest BCUT2D eigenvalue weighted by Crippen LogP contribution is -2.66. The Bertz CT molecular complexity index is 2260. The molecule has 3 rings (SSSR count). The highest BCUT2D eigenvalue weighted by molar-refractivity contribution is 5.76. The molecule has 0 spiro atoms. The van der Waals surface area contributed by atoms with Crippen LogP contribution in [-0.4, -0.2) is 193 Å². The quantitative estimate of drug-likeness (QED) is 0.0199. The molecule has 3 aliphatic rings. The first-order chi connectivity index (χ1) is 50.8. The summed E-state index contributed by atoms with van der Waals surface area (Å²) < 4.78 is 34.4. The molecule has 1 amide bonds. The van der Waals surface area contributed by atoms with E-state index in [1.165, 1.54) is 193 Å². The third kappa shape index (κ3) is 43.8. The summed E-state index contributed by atoms with van der Waals surface area (Å²) in [6.45, 7) is 1.62. The molecular weight excluding hydrogens is 1320 g/mol. The molecule has 0 aliphatic carbocycles. The first-order valence-corrected chi connectivity index (χ1v) is 41.5. The lowest BCUT2D eigenvalue weighted by Gasteiger charge is -2.48. The molecule has 0 aromatic rings. The van der Waals surface area contributed by atoms with Crippen LogP contribution in [-0.2, 0) is 33.2 Å². The molecule has 3 aliphatic heterocycles. The van der Waals surface area contributed by atoms with Gasteiger partial charge in [-0.25, -0.2) is 0 Å². The van der Waals surface area contributed by atoms with Crippen molar-refractivity contribution in [2.24, 2.45) is 0 Å². The average molecular weight is 1470 g/mol. The van der Waals surface area contributed by atoms with Gasteiger partial charge in [0.05, 0.1) is 38.6 Å². The van der Waals surface area contributed by atoms with Crippen LogP contribution in [0.2, 0.25) is 0 Å². The number of allylic oxidation sites excluding steroid dienone is 15. The van der Waals surface area contributed by atoms with Gasteiger partial charge >= 0.3 is 0 Å². The molecule has 602 valence electrons. The van der Waals surface area contributed by atoms with Crippen LogP contribution in [0, 0.1) is 0 Å². The third-order valence-electron chi connectivity index (χ3n) is 20.1. The van der Waals surface area contributed by atoms with Crippen LogP contribution >= 0.6 is 0 Å². The van der Waals surface area contributed by atoms with Crippen molar-refractivity contribution in [3.05, 3.63) is 97.2 Å². The molecule has 19 nitrogen and oxygen atoms in total. The number of carbonyl (C=O) groups is 1. The van der Waals surface area contributed by atoms with Gasteiger partial charge in [0.2, 0.25) is 5.91 Å². The summed E-state index contributed by atoms with van der Waals surface area (Å²) >= 11 is 0. The Morgan fingerprint density at radius 1 is 0.356 bits per heavy atom. The first kappa shape index (κ1) is 94.9. The molecular formula is C85H149NO18. The largest absolute Gasteiger partial charge is 0.394 e. The van der Waals surface area contributed by atoms with E-state index in [-0.39, 0.29) is 18.9 Å². The van der Waals surface area contributed by atoms with Crippen LogP contribution in [0.25, 0.3) is 0 Å². The standard InChI is InChI=1S/C85H149NO18/c1-3-5-7-9-11-13-15-17-19-21-23-25-27-29-31-32-33-34-35-36-37-39-41-43-45-47-49-51-53-55-57-59-61-63-73(91)86-68(69(90)62-60-58-56-54-52-50-48-46-44-42-40-38-30-28-26-24-22-20-18-16-14-12-10-8-6-4-2)67-99-83-79(97)76(94)81(71(65-88)101-83)104-85-80(98)77(95)82(72(66-89)102-85)103-84-78(96)75(93)74(92)70(64-87)100-84/h5,7,11,13,17,19,23,25,29,31,44,46,52,54,60,62,68-72,74-85,87-90,92-98H,3-4,6,8-10,12,14-16,18,20-22,24,26-28,30,32-43,45,47-51,53,55-59,61,63-67H2,1-2H3,(H,86,91)/b7-5-,13-11-,19-17-,25-23-,31-29-,46-44+,54-52+,62-60+. The average Bonchev–Trinajstić information content (AvgIpc) is 0.783. The van der Waals surface area contributed by atoms with Crippen LogP contribution in [0.5, 0.6) is 0 Å². The van der Waals surface area contributed by atoms with Crippen LogP contribution in [0.4, 0.5) is 0 Å². The van der Waals surface area contributed by atoms with Crippen LogP contribution in [0.1, 0.15) is 303 Å². The number of unbranched alkanes of at least 4 members (excludes halogenated alkanes) is 35. The molecule has 17 unspecified atom stereocenters. The van der Waals surface area contributed by atoms with Crippen LogP contribution in [0.3, 0.4) is 0 Å². The number of rotatable bonds is 65. The van der Waals surface area contributed by atoms with E-state index >= 15 is 0 Å². The predicted molar refractivity (Wildman–Crippen MR) is 415 cm³/mol. The maximum atomic E-state index is 13.5. The molecule has 0 bridgehead atoms. The van der Waals surface area contributed by atoms with Crippen molar-refractivity contribution in [3.63, 3.8) is 0 Å². The van der Waals surface area contributed by atoms with E-state index in [1.807, 2.05) is 6.08 Å². The smallest absolute Gasteiger partial charge is 0.220 e. The Morgan fingerprint density at radius 2 is 0.673 bits per heavy atom. The highest BCUT2D eigenvalue weighted by Crippen LogP contribution is 2.33. The van der Waals surface area contributed by atoms with Gasteiger partial charge in [0.1, 0.15) is 73.2 Å². The maximum Gasteiger partial charge on any atom is 0.220 e. The summed E-state index contributed by atoms with van der Waals surface area (Å²) in [6, 6.07) is -1.00. The Morgan fingerprint density at radius 3 is 1.08 bits per heavy atom. The number of aliphatic hydroxyl groups is 11. The minimum atomic E-state index is -1.99. The Kier molecular flexibility index (Phi) is 58.9. The summed E-state index contributed by atoms with van der Waals surface area (Å²) in [7, 11) is 0. The second kappa shape index (κ2) is 64.5. The minimum Gasteiger partial charge on any atom is -0.394 e. The van der Waals surface area contributed by atoms with Gasteiger partial charge in [0.15, 0.2) is 18.9 Å². The Hall–Kier alpha value is -3.29. The van der Waals surface area contributed by atoms with Gasteiger partial charge in [-0.15, -0.1) is 0 Å². The van der Waals surface area contributed by atoms with Crippen molar-refractivity contribution in [1.82, 2.24) is 5.32 Å². The van der Waals surface area contributed by atoms with E-state index in [0.717, 1.165) is 77.0 Å². The van der Waals surface area contributed by atoms with Gasteiger partial charge in [-0.2, -0.15) is 0 Å². The van der Waals surface area contributed by atoms with E-state index in [1.54, 1.807) is 6.08 Å². The molecule has 3 heterocycles. The zero-order valence-corrected chi connectivity index (χ0v) is 64.5.